The van der Waals surface area contributed by atoms with E-state index in [0.717, 1.165) is 34.1 Å². The molecule has 0 fully saturated rings. The number of hydrogen-bond acceptors (Lipinski definition) is 3. The molecule has 1 heterocycles. The van der Waals surface area contributed by atoms with Crippen LogP contribution < -0.4 is 9.64 Å². The molecule has 0 saturated heterocycles. The first-order valence-corrected chi connectivity index (χ1v) is 18.2. The fraction of sp³-hybridized carbons (Fsp3) is 0.122. The van der Waals surface area contributed by atoms with Crippen molar-refractivity contribution in [1.82, 2.24) is 0 Å². The van der Waals surface area contributed by atoms with Crippen LogP contribution in [0, 0.1) is 25.2 Å². The third kappa shape index (κ3) is 6.97. The molecular weight excluding hydrogens is 633 g/mol. The number of fused-ring (bicyclic) bond motifs is 5. The Bertz CT molecular complexity index is 2460. The number of benzene rings is 8. The SMILES string of the molecule is CC.CC.Cc1ccccc1C.N#Cc1ccc(-c2cccc3cc4cc5c(N6c7ccccc7Oc7ccccc76)cccc5cc4cc23)cc1. The summed E-state index contributed by atoms with van der Waals surface area (Å²) in [6.45, 7) is 12.2. The Labute approximate surface area is 308 Å². The normalized spacial score (nSPS) is 11.0. The molecule has 0 N–H and O–H groups in total. The second-order valence-corrected chi connectivity index (χ2v) is 12.2. The zero-order valence-electron chi connectivity index (χ0n) is 30.8. The van der Waals surface area contributed by atoms with E-state index in [-0.39, 0.29) is 0 Å². The first-order valence-electron chi connectivity index (χ1n) is 18.2. The van der Waals surface area contributed by atoms with Crippen LogP contribution in [0.4, 0.5) is 17.1 Å². The zero-order chi connectivity index (χ0) is 36.6. The molecule has 1 aliphatic rings. The number of para-hydroxylation sites is 4. The fourth-order valence-electron chi connectivity index (χ4n) is 6.58. The van der Waals surface area contributed by atoms with E-state index >= 15 is 0 Å². The molecule has 3 heteroatoms. The molecule has 9 rings (SSSR count). The minimum absolute atomic E-state index is 0.669. The third-order valence-electron chi connectivity index (χ3n) is 9.24. The fourth-order valence-corrected chi connectivity index (χ4v) is 6.58. The molecule has 0 saturated carbocycles. The Hall–Kier alpha value is -6.37. The van der Waals surface area contributed by atoms with Crippen molar-refractivity contribution in [3.05, 3.63) is 174 Å². The summed E-state index contributed by atoms with van der Waals surface area (Å²) in [7, 11) is 0. The Balaban J connectivity index is 0.000000337. The van der Waals surface area contributed by atoms with Gasteiger partial charge in [-0.2, -0.15) is 5.26 Å². The van der Waals surface area contributed by atoms with Gasteiger partial charge >= 0.3 is 0 Å². The number of anilines is 3. The van der Waals surface area contributed by atoms with Gasteiger partial charge in [-0.05, 0) is 130 Å². The number of nitriles is 1. The predicted octanol–water partition coefficient (Wildman–Crippen LogP) is 14.6. The van der Waals surface area contributed by atoms with Crippen molar-refractivity contribution in [1.29, 1.82) is 5.26 Å². The van der Waals surface area contributed by atoms with Crippen molar-refractivity contribution in [3.8, 4) is 28.7 Å². The first-order chi connectivity index (χ1) is 25.6. The first kappa shape index (κ1) is 35.5. The van der Waals surface area contributed by atoms with E-state index in [0.29, 0.717) is 5.56 Å². The van der Waals surface area contributed by atoms with Crippen molar-refractivity contribution in [2.75, 3.05) is 4.90 Å². The van der Waals surface area contributed by atoms with Crippen LogP contribution in [0.1, 0.15) is 44.4 Å². The highest BCUT2D eigenvalue weighted by Gasteiger charge is 2.26. The number of rotatable bonds is 2. The van der Waals surface area contributed by atoms with Crippen LogP contribution in [0.2, 0.25) is 0 Å². The van der Waals surface area contributed by atoms with Crippen molar-refractivity contribution >= 4 is 49.4 Å². The molecule has 8 aromatic rings. The quantitative estimate of drug-likeness (QED) is 0.171. The molecule has 256 valence electrons. The predicted molar refractivity (Wildman–Crippen MR) is 222 cm³/mol. The molecule has 8 aromatic carbocycles. The van der Waals surface area contributed by atoms with Crippen LogP contribution in [0.3, 0.4) is 0 Å². The van der Waals surface area contributed by atoms with Crippen LogP contribution in [-0.4, -0.2) is 0 Å². The van der Waals surface area contributed by atoms with Gasteiger partial charge in [0, 0.05) is 5.39 Å². The lowest BCUT2D eigenvalue weighted by atomic mass is 9.93. The minimum atomic E-state index is 0.669. The number of aryl methyl sites for hydroxylation is 2. The summed E-state index contributed by atoms with van der Waals surface area (Å²) in [5, 5.41) is 16.4. The molecular formula is C49H44N2O. The van der Waals surface area contributed by atoms with Crippen LogP contribution in [0.5, 0.6) is 11.5 Å². The molecule has 0 unspecified atom stereocenters. The van der Waals surface area contributed by atoms with Crippen molar-refractivity contribution in [2.24, 2.45) is 0 Å². The maximum atomic E-state index is 9.22. The van der Waals surface area contributed by atoms with Gasteiger partial charge in [0.15, 0.2) is 11.5 Å². The van der Waals surface area contributed by atoms with E-state index in [1.165, 1.54) is 49.0 Å². The van der Waals surface area contributed by atoms with Gasteiger partial charge in [0.05, 0.1) is 28.7 Å². The maximum absolute atomic E-state index is 9.22. The minimum Gasteiger partial charge on any atom is -0.453 e. The number of ether oxygens (including phenoxy) is 1. The van der Waals surface area contributed by atoms with Crippen LogP contribution in [0.15, 0.2) is 158 Å². The summed E-state index contributed by atoms with van der Waals surface area (Å²) in [6.07, 6.45) is 0. The van der Waals surface area contributed by atoms with E-state index in [2.05, 4.69) is 134 Å². The van der Waals surface area contributed by atoms with Gasteiger partial charge in [0.1, 0.15) is 0 Å². The maximum Gasteiger partial charge on any atom is 0.151 e. The van der Waals surface area contributed by atoms with Crippen LogP contribution in [0.25, 0.3) is 43.4 Å². The van der Waals surface area contributed by atoms with Crippen LogP contribution >= 0.6 is 0 Å². The summed E-state index contributed by atoms with van der Waals surface area (Å²) >= 11 is 0. The topological polar surface area (TPSA) is 36.3 Å². The zero-order valence-corrected chi connectivity index (χ0v) is 30.8. The lowest BCUT2D eigenvalue weighted by molar-refractivity contribution is 0.477. The highest BCUT2D eigenvalue weighted by Crippen LogP contribution is 2.51. The van der Waals surface area contributed by atoms with Crippen LogP contribution in [-0.2, 0) is 0 Å². The molecule has 0 aromatic heterocycles. The van der Waals surface area contributed by atoms with Crippen molar-refractivity contribution < 1.29 is 4.74 Å². The molecule has 0 aliphatic carbocycles. The summed E-state index contributed by atoms with van der Waals surface area (Å²) in [5.74, 6) is 1.70. The van der Waals surface area contributed by atoms with Gasteiger partial charge in [0.2, 0.25) is 0 Å². The van der Waals surface area contributed by atoms with E-state index in [1.54, 1.807) is 0 Å². The Morgan fingerprint density at radius 1 is 0.462 bits per heavy atom. The second-order valence-electron chi connectivity index (χ2n) is 12.2. The van der Waals surface area contributed by atoms with Gasteiger partial charge in [-0.25, -0.2) is 0 Å². The molecule has 0 radical (unpaired) electrons. The molecule has 0 bridgehead atoms. The summed E-state index contributed by atoms with van der Waals surface area (Å²) < 4.78 is 6.26. The molecule has 1 aliphatic heterocycles. The Morgan fingerprint density at radius 2 is 0.942 bits per heavy atom. The molecule has 52 heavy (non-hydrogen) atoms. The molecule has 3 nitrogen and oxygen atoms in total. The lowest BCUT2D eigenvalue weighted by Crippen LogP contribution is -2.15. The summed E-state index contributed by atoms with van der Waals surface area (Å²) in [4.78, 5) is 2.31. The Morgan fingerprint density at radius 3 is 1.50 bits per heavy atom. The molecule has 0 amide bonds. The van der Waals surface area contributed by atoms with E-state index in [1.807, 2.05) is 76.2 Å². The smallest absolute Gasteiger partial charge is 0.151 e. The van der Waals surface area contributed by atoms with E-state index in [9.17, 15) is 5.26 Å². The van der Waals surface area contributed by atoms with Gasteiger partial charge in [0.25, 0.3) is 0 Å². The molecule has 0 spiro atoms. The largest absolute Gasteiger partial charge is 0.453 e. The number of hydrogen-bond donors (Lipinski definition) is 0. The van der Waals surface area contributed by atoms with Gasteiger partial charge in [-0.15, -0.1) is 0 Å². The summed E-state index contributed by atoms with van der Waals surface area (Å²) in [6, 6.07) is 56.9. The van der Waals surface area contributed by atoms with Gasteiger partial charge in [-0.1, -0.05) is 119 Å². The van der Waals surface area contributed by atoms with Gasteiger partial charge < -0.3 is 9.64 Å². The monoisotopic (exact) mass is 676 g/mol. The van der Waals surface area contributed by atoms with Crippen molar-refractivity contribution in [3.63, 3.8) is 0 Å². The van der Waals surface area contributed by atoms with E-state index < -0.39 is 0 Å². The lowest BCUT2D eigenvalue weighted by Gasteiger charge is -2.33. The molecule has 0 atom stereocenters. The standard InChI is InChI=1S/C37H22N2O.C8H10.2C2H6/c38-23-24-15-17-25(18-16-24)30-9-5-7-26-19-29-22-32-27(20-28(29)21-31(26)30)8-6-12-33(32)39-34-10-1-3-13-36(34)40-37-14-4-2-11-35(37)39;1-7-5-3-4-6-8(7)2;2*1-2/h1-22H;3-6H,1-2H3;2*1-2H3. The summed E-state index contributed by atoms with van der Waals surface area (Å²) in [5.41, 5.74) is 8.85. The second kappa shape index (κ2) is 16.1. The van der Waals surface area contributed by atoms with Crippen molar-refractivity contribution in [2.45, 2.75) is 41.5 Å². The van der Waals surface area contributed by atoms with Gasteiger partial charge in [-0.3, -0.25) is 0 Å². The average molecular weight is 677 g/mol. The average Bonchev–Trinajstić information content (AvgIpc) is 3.21. The number of nitrogens with zero attached hydrogens (tertiary/aromatic N) is 2. The third-order valence-corrected chi connectivity index (χ3v) is 9.24. The Kier molecular flexibility index (Phi) is 11.0. The highest BCUT2D eigenvalue weighted by molar-refractivity contribution is 6.11. The highest BCUT2D eigenvalue weighted by atomic mass is 16.5. The van der Waals surface area contributed by atoms with E-state index in [4.69, 9.17) is 4.74 Å².